The highest BCUT2D eigenvalue weighted by molar-refractivity contribution is 7.92. The molecule has 1 aliphatic rings. The molecule has 3 aromatic rings. The van der Waals surface area contributed by atoms with Crippen LogP contribution in [0.1, 0.15) is 34.3 Å². The van der Waals surface area contributed by atoms with E-state index in [1.807, 2.05) is 0 Å². The van der Waals surface area contributed by atoms with Gasteiger partial charge in [0.05, 0.1) is 17.1 Å². The van der Waals surface area contributed by atoms with Gasteiger partial charge in [0, 0.05) is 24.1 Å². The van der Waals surface area contributed by atoms with Crippen LogP contribution in [0.25, 0.3) is 0 Å². The van der Waals surface area contributed by atoms with Gasteiger partial charge in [-0.1, -0.05) is 30.3 Å². The maximum atomic E-state index is 13.9. The quantitative estimate of drug-likeness (QED) is 0.484. The van der Waals surface area contributed by atoms with E-state index >= 15 is 0 Å². The zero-order valence-electron chi connectivity index (χ0n) is 18.7. The number of aryl methyl sites for hydroxylation is 1. The minimum atomic E-state index is -4.14. The monoisotopic (exact) mass is 495 g/mol. The molecule has 0 aromatic heterocycles. The van der Waals surface area contributed by atoms with E-state index in [9.17, 15) is 27.2 Å². The Morgan fingerprint density at radius 2 is 1.63 bits per heavy atom. The average Bonchev–Trinajstić information content (AvgIpc) is 3.14. The number of nitrogens with zero attached hydrogens (tertiary/aromatic N) is 1. The lowest BCUT2D eigenvalue weighted by Gasteiger charge is -2.14. The second-order valence-electron chi connectivity index (χ2n) is 8.09. The first-order valence-corrected chi connectivity index (χ1v) is 12.2. The Bertz CT molecular complexity index is 1410. The van der Waals surface area contributed by atoms with E-state index in [0.29, 0.717) is 11.3 Å². The molecule has 180 valence electrons. The maximum absolute atomic E-state index is 13.9. The molecule has 0 aliphatic carbocycles. The molecule has 8 nitrogen and oxygen atoms in total. The summed E-state index contributed by atoms with van der Waals surface area (Å²) in [5.74, 6) is -1.66. The third-order valence-electron chi connectivity index (χ3n) is 5.59. The van der Waals surface area contributed by atoms with Gasteiger partial charge in [-0.15, -0.1) is 0 Å². The zero-order chi connectivity index (χ0) is 25.2. The van der Waals surface area contributed by atoms with Gasteiger partial charge in [0.15, 0.2) is 0 Å². The van der Waals surface area contributed by atoms with Gasteiger partial charge in [-0.25, -0.2) is 12.8 Å². The minimum Gasteiger partial charge on any atom is -0.322 e. The summed E-state index contributed by atoms with van der Waals surface area (Å²) in [4.78, 5) is 37.5. The Balaban J connectivity index is 1.49. The van der Waals surface area contributed by atoms with Gasteiger partial charge in [-0.05, 0) is 54.4 Å². The fourth-order valence-corrected chi connectivity index (χ4v) is 4.73. The number of hydrogen-bond acceptors (Lipinski definition) is 5. The van der Waals surface area contributed by atoms with E-state index in [-0.39, 0.29) is 47.3 Å². The number of sulfonamides is 1. The number of rotatable bonds is 7. The number of halogens is 1. The Kier molecular flexibility index (Phi) is 6.65. The summed E-state index contributed by atoms with van der Waals surface area (Å²) < 4.78 is 41.6. The molecule has 0 radical (unpaired) electrons. The lowest BCUT2D eigenvalue weighted by molar-refractivity contribution is -0.139. The number of imide groups is 1. The van der Waals surface area contributed by atoms with Gasteiger partial charge in [0.1, 0.15) is 5.82 Å². The van der Waals surface area contributed by atoms with Crippen LogP contribution in [0.4, 0.5) is 15.8 Å². The predicted molar refractivity (Wildman–Crippen MR) is 128 cm³/mol. The van der Waals surface area contributed by atoms with Crippen molar-refractivity contribution in [2.45, 2.75) is 31.2 Å². The zero-order valence-corrected chi connectivity index (χ0v) is 19.6. The Morgan fingerprint density at radius 3 is 2.29 bits per heavy atom. The van der Waals surface area contributed by atoms with Crippen LogP contribution in [0.5, 0.6) is 0 Å². The summed E-state index contributed by atoms with van der Waals surface area (Å²) in [7, 11) is -4.14. The van der Waals surface area contributed by atoms with Crippen LogP contribution in [-0.4, -0.2) is 31.0 Å². The van der Waals surface area contributed by atoms with Gasteiger partial charge in [-0.2, -0.15) is 0 Å². The van der Waals surface area contributed by atoms with Gasteiger partial charge in [0.2, 0.25) is 11.8 Å². The number of hydrogen-bond donors (Lipinski definition) is 2. The predicted octanol–water partition coefficient (Wildman–Crippen LogP) is 3.84. The molecule has 1 heterocycles. The highest BCUT2D eigenvalue weighted by atomic mass is 32.2. The third kappa shape index (κ3) is 5.38. The fourth-order valence-electron chi connectivity index (χ4n) is 3.63. The first-order chi connectivity index (χ1) is 16.6. The van der Waals surface area contributed by atoms with E-state index in [4.69, 9.17) is 0 Å². The summed E-state index contributed by atoms with van der Waals surface area (Å²) >= 11 is 0. The number of amides is 3. The van der Waals surface area contributed by atoms with Crippen molar-refractivity contribution in [2.24, 2.45) is 0 Å². The molecule has 10 heteroatoms. The molecular formula is C25H22FN3O5S. The smallest absolute Gasteiger partial charge is 0.262 e. The number of nitrogens with one attached hydrogen (secondary N) is 2. The first kappa shape index (κ1) is 24.1. The number of para-hydroxylation sites is 1. The van der Waals surface area contributed by atoms with Crippen molar-refractivity contribution in [1.82, 2.24) is 4.90 Å². The van der Waals surface area contributed by atoms with Crippen LogP contribution in [0.2, 0.25) is 0 Å². The molecular weight excluding hydrogens is 473 g/mol. The van der Waals surface area contributed by atoms with Gasteiger partial charge in [0.25, 0.3) is 15.9 Å². The summed E-state index contributed by atoms with van der Waals surface area (Å²) in [5.41, 5.74) is 1.68. The standard InChI is InChI=1S/C25H22FN3O5S/c1-16-6-11-19(35(33,34)28-22-5-3-2-4-21(22)26)14-20(16)25(32)27-18-9-7-17(8-10-18)15-29-23(30)12-13-24(29)31/h2-11,14,28H,12-13,15H2,1H3,(H,27,32). The largest absolute Gasteiger partial charge is 0.322 e. The molecule has 4 rings (SSSR count). The number of anilines is 2. The van der Waals surface area contributed by atoms with Crippen molar-refractivity contribution in [3.63, 3.8) is 0 Å². The minimum absolute atomic E-state index is 0.138. The second kappa shape index (κ2) is 9.67. The maximum Gasteiger partial charge on any atom is 0.262 e. The molecule has 3 aromatic carbocycles. The number of likely N-dealkylation sites (tertiary alicyclic amines) is 1. The molecule has 1 aliphatic heterocycles. The third-order valence-corrected chi connectivity index (χ3v) is 6.95. The fraction of sp³-hybridized carbons (Fsp3) is 0.160. The Hall–Kier alpha value is -4.05. The van der Waals surface area contributed by atoms with Crippen molar-refractivity contribution in [1.29, 1.82) is 0 Å². The van der Waals surface area contributed by atoms with Crippen molar-refractivity contribution in [3.8, 4) is 0 Å². The summed E-state index contributed by atoms with van der Waals surface area (Å²) in [6, 6.07) is 16.1. The molecule has 3 amide bonds. The number of benzene rings is 3. The highest BCUT2D eigenvalue weighted by Gasteiger charge is 2.28. The number of carbonyl (C=O) groups is 3. The van der Waals surface area contributed by atoms with Crippen LogP contribution in [0.3, 0.4) is 0 Å². The van der Waals surface area contributed by atoms with E-state index in [2.05, 4.69) is 10.0 Å². The molecule has 0 saturated carbocycles. The van der Waals surface area contributed by atoms with Gasteiger partial charge < -0.3 is 5.32 Å². The van der Waals surface area contributed by atoms with Crippen LogP contribution < -0.4 is 10.0 Å². The Morgan fingerprint density at radius 1 is 0.971 bits per heavy atom. The van der Waals surface area contributed by atoms with Crippen LogP contribution in [-0.2, 0) is 26.2 Å². The molecule has 1 saturated heterocycles. The SMILES string of the molecule is Cc1ccc(S(=O)(=O)Nc2ccccc2F)cc1C(=O)Nc1ccc(CN2C(=O)CCC2=O)cc1. The van der Waals surface area contributed by atoms with Crippen molar-refractivity contribution < 1.29 is 27.2 Å². The molecule has 35 heavy (non-hydrogen) atoms. The molecule has 2 N–H and O–H groups in total. The molecule has 0 bridgehead atoms. The second-order valence-corrected chi connectivity index (χ2v) is 9.77. The topological polar surface area (TPSA) is 113 Å². The molecule has 0 unspecified atom stereocenters. The lowest BCUT2D eigenvalue weighted by Crippen LogP contribution is -2.28. The first-order valence-electron chi connectivity index (χ1n) is 10.8. The van der Waals surface area contributed by atoms with Gasteiger partial charge in [-0.3, -0.25) is 24.0 Å². The molecule has 1 fully saturated rings. The highest BCUT2D eigenvalue weighted by Crippen LogP contribution is 2.22. The van der Waals surface area contributed by atoms with E-state index < -0.39 is 21.7 Å². The molecule has 0 spiro atoms. The summed E-state index contributed by atoms with van der Waals surface area (Å²) in [5, 5.41) is 2.71. The van der Waals surface area contributed by atoms with Crippen LogP contribution in [0, 0.1) is 12.7 Å². The van der Waals surface area contributed by atoms with E-state index in [1.54, 1.807) is 31.2 Å². The summed E-state index contributed by atoms with van der Waals surface area (Å²) in [6.07, 6.45) is 0.438. The normalized spacial score (nSPS) is 13.7. The Labute approximate surface area is 201 Å². The number of carbonyl (C=O) groups excluding carboxylic acids is 3. The van der Waals surface area contributed by atoms with Crippen molar-refractivity contribution in [2.75, 3.05) is 10.0 Å². The lowest BCUT2D eigenvalue weighted by atomic mass is 10.1. The van der Waals surface area contributed by atoms with E-state index in [1.165, 1.54) is 41.3 Å². The van der Waals surface area contributed by atoms with Crippen LogP contribution >= 0.6 is 0 Å². The molecule has 0 atom stereocenters. The van der Waals surface area contributed by atoms with Gasteiger partial charge >= 0.3 is 0 Å². The van der Waals surface area contributed by atoms with Crippen molar-refractivity contribution >= 4 is 39.1 Å². The van der Waals surface area contributed by atoms with Crippen molar-refractivity contribution in [3.05, 3.63) is 89.2 Å². The average molecular weight is 496 g/mol. The summed E-state index contributed by atoms with van der Waals surface area (Å²) in [6.45, 7) is 1.84. The van der Waals surface area contributed by atoms with Crippen LogP contribution in [0.15, 0.2) is 71.6 Å². The van der Waals surface area contributed by atoms with E-state index in [0.717, 1.165) is 11.6 Å².